The van der Waals surface area contributed by atoms with Gasteiger partial charge in [0.25, 0.3) is 0 Å². The van der Waals surface area contributed by atoms with Crippen molar-refractivity contribution in [3.05, 3.63) is 58.7 Å². The fourth-order valence-electron chi connectivity index (χ4n) is 3.86. The van der Waals surface area contributed by atoms with E-state index in [1.807, 2.05) is 13.1 Å². The van der Waals surface area contributed by atoms with Gasteiger partial charge >= 0.3 is 0 Å². The Morgan fingerprint density at radius 1 is 1.33 bits per heavy atom. The Kier molecular flexibility index (Phi) is 7.31. The van der Waals surface area contributed by atoms with E-state index in [0.717, 1.165) is 30.5 Å². The minimum atomic E-state index is 0.408. The number of anilines is 1. The van der Waals surface area contributed by atoms with Crippen LogP contribution in [0.3, 0.4) is 0 Å². The fourth-order valence-corrected chi connectivity index (χ4v) is 3.86. The molecule has 1 N–H and O–H groups in total. The summed E-state index contributed by atoms with van der Waals surface area (Å²) in [5.41, 5.74) is 8.78. The Labute approximate surface area is 166 Å². The molecule has 1 fully saturated rings. The molecule has 2 unspecified atom stereocenters. The van der Waals surface area contributed by atoms with E-state index in [0.29, 0.717) is 11.8 Å². The van der Waals surface area contributed by atoms with Crippen LogP contribution in [0.2, 0.25) is 0 Å². The third-order valence-electron chi connectivity index (χ3n) is 5.47. The summed E-state index contributed by atoms with van der Waals surface area (Å²) < 4.78 is 0. The molecular formula is C26H33N. The molecule has 1 aliphatic rings. The quantitative estimate of drug-likeness (QED) is 0.382. The third-order valence-corrected chi connectivity index (χ3v) is 5.47. The summed E-state index contributed by atoms with van der Waals surface area (Å²) in [6.45, 7) is 12.7. The highest BCUT2D eigenvalue weighted by molar-refractivity contribution is 5.86. The standard InChI is InChI=1S/C26H33N/c1-8-13-19(9-2)23(11-4)22-15-21(24(12-5)26(17-22)27-7)14-18(6)25-16-20(25)10-3/h3,9,11-12,14-15,17,20,25,27H,5,8,13,16H2,1-2,4,6-7H3/b18-14+,19-9+,23-11+. The molecule has 1 saturated carbocycles. The predicted octanol–water partition coefficient (Wildman–Crippen LogP) is 7.19. The van der Waals surface area contributed by atoms with Crippen molar-refractivity contribution in [1.29, 1.82) is 0 Å². The molecule has 0 saturated heterocycles. The van der Waals surface area contributed by atoms with Crippen LogP contribution in [0.15, 0.2) is 42.0 Å². The molecular weight excluding hydrogens is 326 g/mol. The first kappa shape index (κ1) is 20.8. The van der Waals surface area contributed by atoms with Gasteiger partial charge in [-0.25, -0.2) is 0 Å². The largest absolute Gasteiger partial charge is 0.388 e. The second-order valence-corrected chi connectivity index (χ2v) is 7.25. The van der Waals surface area contributed by atoms with Gasteiger partial charge < -0.3 is 5.32 Å². The fraction of sp³-hybridized carbons (Fsp3) is 0.385. The third kappa shape index (κ3) is 4.64. The van der Waals surface area contributed by atoms with Crippen LogP contribution in [0.5, 0.6) is 0 Å². The maximum Gasteiger partial charge on any atom is 0.0423 e. The zero-order chi connectivity index (χ0) is 20.0. The number of benzene rings is 1. The van der Waals surface area contributed by atoms with Gasteiger partial charge in [-0.3, -0.25) is 0 Å². The lowest BCUT2D eigenvalue weighted by molar-refractivity contribution is 0.928. The number of rotatable bonds is 8. The van der Waals surface area contributed by atoms with Crippen LogP contribution in [-0.2, 0) is 0 Å². The molecule has 0 spiro atoms. The molecule has 1 nitrogen and oxygen atoms in total. The van der Waals surface area contributed by atoms with Crippen molar-refractivity contribution in [2.75, 3.05) is 12.4 Å². The van der Waals surface area contributed by atoms with E-state index in [-0.39, 0.29) is 0 Å². The van der Waals surface area contributed by atoms with Crippen LogP contribution in [0.25, 0.3) is 17.7 Å². The number of allylic oxidation sites excluding steroid dienone is 5. The van der Waals surface area contributed by atoms with Crippen LogP contribution >= 0.6 is 0 Å². The SMILES string of the molecule is C#CC1CC1/C(C)=C/c1cc(C(=C/C)/C(=C/C)CCC)cc(NC)c1C=C. The molecule has 2 rings (SSSR count). The summed E-state index contributed by atoms with van der Waals surface area (Å²) in [5, 5.41) is 3.35. The van der Waals surface area contributed by atoms with Crippen LogP contribution < -0.4 is 5.32 Å². The maximum atomic E-state index is 5.60. The van der Waals surface area contributed by atoms with Crippen LogP contribution in [-0.4, -0.2) is 7.05 Å². The van der Waals surface area contributed by atoms with Crippen LogP contribution in [0.1, 0.15) is 63.6 Å². The number of hydrogen-bond acceptors (Lipinski definition) is 1. The Bertz CT molecular complexity index is 827. The maximum absolute atomic E-state index is 5.60. The number of hydrogen-bond donors (Lipinski definition) is 1. The number of terminal acetylenes is 1. The van der Waals surface area contributed by atoms with Gasteiger partial charge in [0, 0.05) is 24.2 Å². The molecule has 0 bridgehead atoms. The lowest BCUT2D eigenvalue weighted by atomic mass is 9.90. The zero-order valence-electron chi connectivity index (χ0n) is 17.5. The van der Waals surface area contributed by atoms with E-state index in [2.05, 4.69) is 75.9 Å². The summed E-state index contributed by atoms with van der Waals surface area (Å²) in [6.07, 6.45) is 17.6. The second kappa shape index (κ2) is 9.47. The van der Waals surface area contributed by atoms with Crippen molar-refractivity contribution < 1.29 is 0 Å². The average molecular weight is 360 g/mol. The minimum absolute atomic E-state index is 0.408. The molecule has 1 aromatic rings. The molecule has 0 amide bonds. The van der Waals surface area contributed by atoms with E-state index >= 15 is 0 Å². The lowest BCUT2D eigenvalue weighted by Gasteiger charge is -2.17. The zero-order valence-corrected chi connectivity index (χ0v) is 17.5. The van der Waals surface area contributed by atoms with E-state index in [1.165, 1.54) is 27.8 Å². The Balaban J connectivity index is 2.57. The number of nitrogens with one attached hydrogen (secondary N) is 1. The summed E-state index contributed by atoms with van der Waals surface area (Å²) in [6, 6.07) is 4.53. The normalized spacial score (nSPS) is 20.2. The van der Waals surface area contributed by atoms with E-state index in [1.54, 1.807) is 0 Å². The second-order valence-electron chi connectivity index (χ2n) is 7.25. The molecule has 1 aromatic carbocycles. The Hall–Kier alpha value is -2.46. The van der Waals surface area contributed by atoms with Gasteiger partial charge in [-0.15, -0.1) is 12.3 Å². The van der Waals surface area contributed by atoms with Gasteiger partial charge in [-0.05, 0) is 73.9 Å². The molecule has 2 atom stereocenters. The van der Waals surface area contributed by atoms with Crippen molar-refractivity contribution in [2.24, 2.45) is 11.8 Å². The molecule has 142 valence electrons. The molecule has 0 radical (unpaired) electrons. The van der Waals surface area contributed by atoms with E-state index in [4.69, 9.17) is 6.42 Å². The summed E-state index contributed by atoms with van der Waals surface area (Å²) in [5.74, 6) is 3.83. The molecule has 1 aliphatic carbocycles. The van der Waals surface area contributed by atoms with Gasteiger partial charge in [0.15, 0.2) is 0 Å². The van der Waals surface area contributed by atoms with E-state index in [9.17, 15) is 0 Å². The summed E-state index contributed by atoms with van der Waals surface area (Å²) >= 11 is 0. The van der Waals surface area contributed by atoms with Gasteiger partial charge in [-0.2, -0.15) is 0 Å². The van der Waals surface area contributed by atoms with Crippen molar-refractivity contribution in [2.45, 2.75) is 47.0 Å². The highest BCUT2D eigenvalue weighted by atomic mass is 14.8. The first-order chi connectivity index (χ1) is 13.0. The average Bonchev–Trinajstić information content (AvgIpc) is 3.47. The smallest absolute Gasteiger partial charge is 0.0423 e. The van der Waals surface area contributed by atoms with Crippen molar-refractivity contribution in [3.63, 3.8) is 0 Å². The van der Waals surface area contributed by atoms with Crippen molar-refractivity contribution in [3.8, 4) is 12.3 Å². The van der Waals surface area contributed by atoms with Gasteiger partial charge in [-0.1, -0.05) is 49.8 Å². The topological polar surface area (TPSA) is 12.0 Å². The first-order valence-corrected chi connectivity index (χ1v) is 9.99. The predicted molar refractivity (Wildman–Crippen MR) is 122 cm³/mol. The van der Waals surface area contributed by atoms with Gasteiger partial charge in [0.2, 0.25) is 0 Å². The molecule has 1 heteroatoms. The van der Waals surface area contributed by atoms with Gasteiger partial charge in [0.05, 0.1) is 0 Å². The van der Waals surface area contributed by atoms with Gasteiger partial charge in [0.1, 0.15) is 0 Å². The van der Waals surface area contributed by atoms with Crippen molar-refractivity contribution >= 4 is 23.4 Å². The monoisotopic (exact) mass is 359 g/mol. The highest BCUT2D eigenvalue weighted by Crippen LogP contribution is 2.44. The Morgan fingerprint density at radius 2 is 2.07 bits per heavy atom. The van der Waals surface area contributed by atoms with Crippen LogP contribution in [0.4, 0.5) is 5.69 Å². The van der Waals surface area contributed by atoms with E-state index < -0.39 is 0 Å². The summed E-state index contributed by atoms with van der Waals surface area (Å²) in [4.78, 5) is 0. The lowest BCUT2D eigenvalue weighted by Crippen LogP contribution is -1.99. The van der Waals surface area contributed by atoms with Crippen LogP contribution in [0, 0.1) is 24.2 Å². The van der Waals surface area contributed by atoms with Crippen molar-refractivity contribution in [1.82, 2.24) is 0 Å². The summed E-state index contributed by atoms with van der Waals surface area (Å²) in [7, 11) is 1.97. The molecule has 0 aliphatic heterocycles. The first-order valence-electron chi connectivity index (χ1n) is 9.99. The molecule has 0 heterocycles. The Morgan fingerprint density at radius 3 is 2.56 bits per heavy atom. The molecule has 0 aromatic heterocycles. The highest BCUT2D eigenvalue weighted by Gasteiger charge is 2.36. The molecule has 27 heavy (non-hydrogen) atoms. The minimum Gasteiger partial charge on any atom is -0.388 e.